The van der Waals surface area contributed by atoms with Gasteiger partial charge in [-0.05, 0) is 35.0 Å². The van der Waals surface area contributed by atoms with Crippen LogP contribution in [0.2, 0.25) is 0 Å². The van der Waals surface area contributed by atoms with Crippen LogP contribution in [0.3, 0.4) is 0 Å². The summed E-state index contributed by atoms with van der Waals surface area (Å²) in [5.74, 6) is 0.348. The molecule has 0 aliphatic carbocycles. The number of halogens is 1. The van der Waals surface area contributed by atoms with Crippen molar-refractivity contribution in [3.8, 4) is 5.75 Å². The quantitative estimate of drug-likeness (QED) is 0.737. The molecule has 2 aromatic carbocycles. The van der Waals surface area contributed by atoms with E-state index in [2.05, 4.69) is 21.2 Å². The van der Waals surface area contributed by atoms with Gasteiger partial charge in [-0.3, -0.25) is 4.79 Å². The van der Waals surface area contributed by atoms with Crippen LogP contribution in [-0.2, 0) is 4.74 Å². The Labute approximate surface area is 137 Å². The molecule has 2 rings (SSSR count). The van der Waals surface area contributed by atoms with E-state index in [9.17, 15) is 4.79 Å². The molecule has 0 spiro atoms. The highest BCUT2D eigenvalue weighted by molar-refractivity contribution is 9.10. The monoisotopic (exact) mass is 366 g/mol. The summed E-state index contributed by atoms with van der Waals surface area (Å²) >= 11 is 3.44. The molecular weight excluding hydrogens is 348 g/mol. The second kappa shape index (κ2) is 8.12. The van der Waals surface area contributed by atoms with Crippen molar-refractivity contribution in [1.82, 2.24) is 5.32 Å². The molecule has 0 aromatic heterocycles. The van der Waals surface area contributed by atoms with Crippen molar-refractivity contribution in [2.45, 2.75) is 0 Å². The molecule has 0 aliphatic rings. The van der Waals surface area contributed by atoms with Crippen LogP contribution in [0.25, 0.3) is 10.8 Å². The third-order valence-corrected chi connectivity index (χ3v) is 3.61. The Hall–Kier alpha value is -1.63. The molecule has 1 amide bonds. The Morgan fingerprint density at radius 1 is 1.23 bits per heavy atom. The fourth-order valence-electron chi connectivity index (χ4n) is 2.06. The highest BCUT2D eigenvalue weighted by Gasteiger charge is 2.14. The number of nitrogens with one attached hydrogen (secondary N) is 1. The molecule has 0 fully saturated rings. The van der Waals surface area contributed by atoms with Crippen LogP contribution in [0.5, 0.6) is 5.75 Å². The topological polar surface area (TPSA) is 73.6 Å². The van der Waals surface area contributed by atoms with E-state index in [4.69, 9.17) is 15.2 Å². The summed E-state index contributed by atoms with van der Waals surface area (Å²) in [6.07, 6.45) is 0. The highest BCUT2D eigenvalue weighted by atomic mass is 79.9. The number of fused-ring (bicyclic) bond motifs is 1. The molecule has 6 heteroatoms. The minimum Gasteiger partial charge on any atom is -0.490 e. The van der Waals surface area contributed by atoms with Gasteiger partial charge < -0.3 is 20.5 Å². The fourth-order valence-corrected chi connectivity index (χ4v) is 2.44. The number of rotatable bonds is 7. The van der Waals surface area contributed by atoms with Gasteiger partial charge in [0.1, 0.15) is 12.4 Å². The van der Waals surface area contributed by atoms with E-state index in [0.29, 0.717) is 37.6 Å². The maximum Gasteiger partial charge on any atom is 0.255 e. The average Bonchev–Trinajstić information content (AvgIpc) is 2.52. The van der Waals surface area contributed by atoms with E-state index in [-0.39, 0.29) is 5.91 Å². The predicted octanol–water partition coefficient (Wildman–Crippen LogP) is 2.32. The number of ether oxygens (including phenoxy) is 2. The Morgan fingerprint density at radius 2 is 2.05 bits per heavy atom. The maximum atomic E-state index is 12.3. The van der Waals surface area contributed by atoms with Crippen LogP contribution < -0.4 is 15.8 Å². The summed E-state index contributed by atoms with van der Waals surface area (Å²) in [4.78, 5) is 12.3. The minimum atomic E-state index is -0.195. The Kier molecular flexibility index (Phi) is 6.18. The van der Waals surface area contributed by atoms with Gasteiger partial charge in [-0.1, -0.05) is 22.0 Å². The maximum absolute atomic E-state index is 12.3. The lowest BCUT2D eigenvalue weighted by Gasteiger charge is -2.13. The number of methoxy groups -OCH3 is 1. The summed E-state index contributed by atoms with van der Waals surface area (Å²) in [7, 11) is 1.61. The standard InChI is InChI=1S/C16H19BrN2O3/c1-21-6-7-22-15-10-11-2-3-13(17)8-12(11)9-14(15)16(20)19-5-4-18/h2-3,8-10H,4-7,18H2,1H3,(H,19,20). The first-order chi connectivity index (χ1) is 10.7. The second-order valence-corrected chi connectivity index (χ2v) is 5.64. The van der Waals surface area contributed by atoms with Gasteiger partial charge in [0.25, 0.3) is 5.91 Å². The lowest BCUT2D eigenvalue weighted by molar-refractivity contribution is 0.0947. The van der Waals surface area contributed by atoms with Gasteiger partial charge in [0.05, 0.1) is 12.2 Å². The number of hydrogen-bond acceptors (Lipinski definition) is 4. The average molecular weight is 367 g/mol. The Bertz CT molecular complexity index is 661. The Balaban J connectivity index is 2.38. The molecule has 0 atom stereocenters. The SMILES string of the molecule is COCCOc1cc2ccc(Br)cc2cc1C(=O)NCCN. The van der Waals surface area contributed by atoms with E-state index in [1.807, 2.05) is 30.3 Å². The van der Waals surface area contributed by atoms with Crippen LogP contribution in [0, 0.1) is 0 Å². The summed E-state index contributed by atoms with van der Waals surface area (Å²) in [6, 6.07) is 9.59. The number of carbonyl (C=O) groups excluding carboxylic acids is 1. The summed E-state index contributed by atoms with van der Waals surface area (Å²) in [5, 5.41) is 4.74. The molecule has 2 aromatic rings. The van der Waals surface area contributed by atoms with Crippen LogP contribution >= 0.6 is 15.9 Å². The van der Waals surface area contributed by atoms with E-state index >= 15 is 0 Å². The van der Waals surface area contributed by atoms with Gasteiger partial charge in [0.15, 0.2) is 0 Å². The number of nitrogens with two attached hydrogens (primary N) is 1. The van der Waals surface area contributed by atoms with Crippen LogP contribution in [0.4, 0.5) is 0 Å². The molecule has 22 heavy (non-hydrogen) atoms. The molecular formula is C16H19BrN2O3. The van der Waals surface area contributed by atoms with Crippen LogP contribution in [-0.4, -0.2) is 39.3 Å². The zero-order valence-corrected chi connectivity index (χ0v) is 14.0. The smallest absolute Gasteiger partial charge is 0.255 e. The lowest BCUT2D eigenvalue weighted by Crippen LogP contribution is -2.29. The second-order valence-electron chi connectivity index (χ2n) is 4.73. The third kappa shape index (κ3) is 4.19. The summed E-state index contributed by atoms with van der Waals surface area (Å²) < 4.78 is 11.6. The van der Waals surface area contributed by atoms with Crippen molar-refractivity contribution in [1.29, 1.82) is 0 Å². The molecule has 0 saturated carbocycles. The van der Waals surface area contributed by atoms with Gasteiger partial charge in [-0.25, -0.2) is 0 Å². The number of benzene rings is 2. The molecule has 0 bridgehead atoms. The van der Waals surface area contributed by atoms with Crippen molar-refractivity contribution < 1.29 is 14.3 Å². The van der Waals surface area contributed by atoms with Crippen molar-refractivity contribution in [3.63, 3.8) is 0 Å². The third-order valence-electron chi connectivity index (χ3n) is 3.12. The van der Waals surface area contributed by atoms with Gasteiger partial charge in [-0.15, -0.1) is 0 Å². The molecule has 3 N–H and O–H groups in total. The Morgan fingerprint density at radius 3 is 2.77 bits per heavy atom. The van der Waals surface area contributed by atoms with Crippen molar-refractivity contribution in [2.75, 3.05) is 33.4 Å². The van der Waals surface area contributed by atoms with Crippen molar-refractivity contribution in [2.24, 2.45) is 5.73 Å². The first-order valence-corrected chi connectivity index (χ1v) is 7.78. The van der Waals surface area contributed by atoms with Crippen molar-refractivity contribution >= 4 is 32.6 Å². The van der Waals surface area contributed by atoms with Gasteiger partial charge in [-0.2, -0.15) is 0 Å². The predicted molar refractivity (Wildman–Crippen MR) is 90.4 cm³/mol. The molecule has 0 aliphatic heterocycles. The van der Waals surface area contributed by atoms with E-state index in [1.54, 1.807) is 7.11 Å². The summed E-state index contributed by atoms with van der Waals surface area (Å²) in [5.41, 5.74) is 5.93. The molecule has 0 unspecified atom stereocenters. The van der Waals surface area contributed by atoms with Gasteiger partial charge in [0.2, 0.25) is 0 Å². The molecule has 5 nitrogen and oxygen atoms in total. The van der Waals surface area contributed by atoms with Gasteiger partial charge in [0, 0.05) is 24.7 Å². The zero-order valence-electron chi connectivity index (χ0n) is 12.4. The minimum absolute atomic E-state index is 0.195. The number of hydrogen-bond donors (Lipinski definition) is 2. The molecule has 118 valence electrons. The number of amides is 1. The molecule has 0 radical (unpaired) electrons. The molecule has 0 saturated heterocycles. The van der Waals surface area contributed by atoms with Crippen LogP contribution in [0.1, 0.15) is 10.4 Å². The zero-order chi connectivity index (χ0) is 15.9. The van der Waals surface area contributed by atoms with E-state index in [1.165, 1.54) is 0 Å². The van der Waals surface area contributed by atoms with E-state index < -0.39 is 0 Å². The van der Waals surface area contributed by atoms with E-state index in [0.717, 1.165) is 15.2 Å². The number of carbonyl (C=O) groups is 1. The van der Waals surface area contributed by atoms with Crippen LogP contribution in [0.15, 0.2) is 34.8 Å². The van der Waals surface area contributed by atoms with Crippen molar-refractivity contribution in [3.05, 3.63) is 40.4 Å². The largest absolute Gasteiger partial charge is 0.490 e. The normalized spacial score (nSPS) is 10.7. The van der Waals surface area contributed by atoms with Gasteiger partial charge >= 0.3 is 0 Å². The first-order valence-electron chi connectivity index (χ1n) is 6.99. The fraction of sp³-hybridized carbons (Fsp3) is 0.312. The molecule has 0 heterocycles. The summed E-state index contributed by atoms with van der Waals surface area (Å²) in [6.45, 7) is 1.66. The lowest BCUT2D eigenvalue weighted by atomic mass is 10.1. The highest BCUT2D eigenvalue weighted by Crippen LogP contribution is 2.28. The first kappa shape index (κ1) is 16.7.